The molecule has 1 aliphatic rings. The summed E-state index contributed by atoms with van der Waals surface area (Å²) in [7, 11) is 2.00. The third-order valence-electron chi connectivity index (χ3n) is 4.88. The molecule has 1 aromatic rings. The van der Waals surface area contributed by atoms with Crippen molar-refractivity contribution >= 4 is 5.69 Å². The molecule has 1 aromatic carbocycles. The molecule has 0 unspecified atom stereocenters. The topological polar surface area (TPSA) is 15.3 Å². The summed E-state index contributed by atoms with van der Waals surface area (Å²) in [6, 6.07) is 6.91. The van der Waals surface area contributed by atoms with E-state index in [1.54, 1.807) is 0 Å². The first-order valence-corrected chi connectivity index (χ1v) is 7.57. The van der Waals surface area contributed by atoms with Crippen molar-refractivity contribution in [1.82, 2.24) is 5.32 Å². The molecule has 1 fully saturated rings. The minimum Gasteiger partial charge on any atom is -0.371 e. The molecule has 2 nitrogen and oxygen atoms in total. The Morgan fingerprint density at radius 3 is 2.47 bits per heavy atom. The van der Waals surface area contributed by atoms with E-state index < -0.39 is 0 Å². The lowest BCUT2D eigenvalue weighted by molar-refractivity contribution is 0.238. The summed E-state index contributed by atoms with van der Waals surface area (Å²) in [5.41, 5.74) is 4.77. The molecule has 0 aliphatic carbocycles. The monoisotopic (exact) mass is 260 g/mol. The van der Waals surface area contributed by atoms with E-state index in [4.69, 9.17) is 0 Å². The van der Waals surface area contributed by atoms with Crippen molar-refractivity contribution < 1.29 is 0 Å². The number of nitrogens with zero attached hydrogens (tertiary/aromatic N) is 1. The standard InChI is InChI=1S/C17H28N2/c1-5-17(3)8-10-19(11-9-17)16-7-6-15(13-18-4)14(2)12-16/h6-7,12,18H,5,8-11,13H2,1-4H3. The lowest BCUT2D eigenvalue weighted by atomic mass is 9.78. The van der Waals surface area contributed by atoms with E-state index in [-0.39, 0.29) is 0 Å². The van der Waals surface area contributed by atoms with E-state index >= 15 is 0 Å². The molecular weight excluding hydrogens is 232 g/mol. The van der Waals surface area contributed by atoms with Crippen molar-refractivity contribution in [2.45, 2.75) is 46.6 Å². The Labute approximate surface area is 118 Å². The smallest absolute Gasteiger partial charge is 0.0369 e. The summed E-state index contributed by atoms with van der Waals surface area (Å²) in [6.07, 6.45) is 3.95. The summed E-state index contributed by atoms with van der Waals surface area (Å²) in [4.78, 5) is 2.55. The molecule has 1 aliphatic heterocycles. The van der Waals surface area contributed by atoms with Crippen LogP contribution >= 0.6 is 0 Å². The van der Waals surface area contributed by atoms with Crippen molar-refractivity contribution in [3.8, 4) is 0 Å². The normalized spacial score (nSPS) is 18.6. The number of hydrogen-bond donors (Lipinski definition) is 1. The van der Waals surface area contributed by atoms with Crippen molar-refractivity contribution in [1.29, 1.82) is 0 Å². The molecule has 1 N–H and O–H groups in total. The van der Waals surface area contributed by atoms with Crippen molar-refractivity contribution in [2.24, 2.45) is 5.41 Å². The molecule has 0 saturated carbocycles. The fraction of sp³-hybridized carbons (Fsp3) is 0.647. The molecule has 0 atom stereocenters. The van der Waals surface area contributed by atoms with E-state index in [0.29, 0.717) is 5.41 Å². The zero-order valence-corrected chi connectivity index (χ0v) is 12.9. The fourth-order valence-corrected chi connectivity index (χ4v) is 2.92. The highest BCUT2D eigenvalue weighted by Gasteiger charge is 2.28. The molecule has 19 heavy (non-hydrogen) atoms. The van der Waals surface area contributed by atoms with Gasteiger partial charge in [0.2, 0.25) is 0 Å². The maximum Gasteiger partial charge on any atom is 0.0369 e. The molecule has 2 heteroatoms. The van der Waals surface area contributed by atoms with Gasteiger partial charge in [0, 0.05) is 25.3 Å². The maximum absolute atomic E-state index is 3.23. The Bertz CT molecular complexity index is 417. The minimum atomic E-state index is 0.567. The van der Waals surface area contributed by atoms with Gasteiger partial charge in [-0.15, -0.1) is 0 Å². The number of aryl methyl sites for hydroxylation is 1. The molecule has 1 heterocycles. The number of rotatable bonds is 4. The number of benzene rings is 1. The van der Waals surface area contributed by atoms with Crippen LogP contribution in [-0.4, -0.2) is 20.1 Å². The predicted octanol–water partition coefficient (Wildman–Crippen LogP) is 3.73. The largest absolute Gasteiger partial charge is 0.371 e. The van der Waals surface area contributed by atoms with Gasteiger partial charge in [0.1, 0.15) is 0 Å². The third-order valence-corrected chi connectivity index (χ3v) is 4.88. The van der Waals surface area contributed by atoms with E-state index in [1.165, 1.54) is 49.2 Å². The summed E-state index contributed by atoms with van der Waals surface area (Å²) in [6.45, 7) is 10.3. The molecule has 0 amide bonds. The first-order valence-electron chi connectivity index (χ1n) is 7.57. The van der Waals surface area contributed by atoms with Gasteiger partial charge in [-0.1, -0.05) is 26.3 Å². The van der Waals surface area contributed by atoms with Crippen LogP contribution in [-0.2, 0) is 6.54 Å². The molecule has 2 rings (SSSR count). The van der Waals surface area contributed by atoms with Crippen LogP contribution in [0.5, 0.6) is 0 Å². The SMILES string of the molecule is CCC1(C)CCN(c2ccc(CNC)c(C)c2)CC1. The van der Waals surface area contributed by atoms with Crippen LogP contribution in [0.2, 0.25) is 0 Å². The molecule has 0 bridgehead atoms. The molecule has 1 saturated heterocycles. The molecule has 0 spiro atoms. The minimum absolute atomic E-state index is 0.567. The number of piperidine rings is 1. The maximum atomic E-state index is 3.23. The highest BCUT2D eigenvalue weighted by atomic mass is 15.1. The average Bonchev–Trinajstić information content (AvgIpc) is 2.42. The Kier molecular flexibility index (Phi) is 4.51. The summed E-state index contributed by atoms with van der Waals surface area (Å²) >= 11 is 0. The molecular formula is C17H28N2. The van der Waals surface area contributed by atoms with Gasteiger partial charge in [0.05, 0.1) is 0 Å². The summed E-state index contributed by atoms with van der Waals surface area (Å²) in [5, 5.41) is 3.23. The van der Waals surface area contributed by atoms with Crippen LogP contribution in [0, 0.1) is 12.3 Å². The van der Waals surface area contributed by atoms with E-state index in [2.05, 4.69) is 49.2 Å². The van der Waals surface area contributed by atoms with Crippen LogP contribution in [0.3, 0.4) is 0 Å². The van der Waals surface area contributed by atoms with Crippen molar-refractivity contribution in [3.63, 3.8) is 0 Å². The van der Waals surface area contributed by atoms with E-state index in [1.807, 2.05) is 7.05 Å². The van der Waals surface area contributed by atoms with Crippen LogP contribution in [0.4, 0.5) is 5.69 Å². The molecule has 0 aromatic heterocycles. The average molecular weight is 260 g/mol. The molecule has 106 valence electrons. The van der Waals surface area contributed by atoms with E-state index in [9.17, 15) is 0 Å². The first kappa shape index (κ1) is 14.4. The van der Waals surface area contributed by atoms with Crippen LogP contribution in [0.25, 0.3) is 0 Å². The van der Waals surface area contributed by atoms with Crippen LogP contribution in [0.15, 0.2) is 18.2 Å². The molecule has 0 radical (unpaired) electrons. The predicted molar refractivity (Wildman–Crippen MR) is 83.8 cm³/mol. The second kappa shape index (κ2) is 5.96. The van der Waals surface area contributed by atoms with Crippen molar-refractivity contribution in [2.75, 3.05) is 25.0 Å². The number of nitrogens with one attached hydrogen (secondary N) is 1. The zero-order chi connectivity index (χ0) is 13.9. The van der Waals surface area contributed by atoms with Crippen LogP contribution in [0.1, 0.15) is 44.2 Å². The quantitative estimate of drug-likeness (QED) is 0.887. The number of hydrogen-bond acceptors (Lipinski definition) is 2. The van der Waals surface area contributed by atoms with Gasteiger partial charge < -0.3 is 10.2 Å². The van der Waals surface area contributed by atoms with Gasteiger partial charge in [-0.25, -0.2) is 0 Å². The van der Waals surface area contributed by atoms with Gasteiger partial charge in [0.25, 0.3) is 0 Å². The van der Waals surface area contributed by atoms with Gasteiger partial charge in [-0.3, -0.25) is 0 Å². The zero-order valence-electron chi connectivity index (χ0n) is 12.9. The fourth-order valence-electron chi connectivity index (χ4n) is 2.92. The highest BCUT2D eigenvalue weighted by Crippen LogP contribution is 2.35. The van der Waals surface area contributed by atoms with Gasteiger partial charge in [0.15, 0.2) is 0 Å². The number of anilines is 1. The Morgan fingerprint density at radius 2 is 1.95 bits per heavy atom. The van der Waals surface area contributed by atoms with Crippen molar-refractivity contribution in [3.05, 3.63) is 29.3 Å². The second-order valence-corrected chi connectivity index (χ2v) is 6.29. The van der Waals surface area contributed by atoms with Gasteiger partial charge >= 0.3 is 0 Å². The Hall–Kier alpha value is -1.02. The van der Waals surface area contributed by atoms with Gasteiger partial charge in [-0.05, 0) is 55.5 Å². The highest BCUT2D eigenvalue weighted by molar-refractivity contribution is 5.51. The lowest BCUT2D eigenvalue weighted by Crippen LogP contribution is -2.38. The third kappa shape index (κ3) is 3.30. The Morgan fingerprint density at radius 1 is 1.26 bits per heavy atom. The van der Waals surface area contributed by atoms with Crippen LogP contribution < -0.4 is 10.2 Å². The lowest BCUT2D eigenvalue weighted by Gasteiger charge is -2.40. The van der Waals surface area contributed by atoms with Gasteiger partial charge in [-0.2, -0.15) is 0 Å². The summed E-state index contributed by atoms with van der Waals surface area (Å²) in [5.74, 6) is 0. The second-order valence-electron chi connectivity index (χ2n) is 6.29. The first-order chi connectivity index (χ1) is 9.08. The van der Waals surface area contributed by atoms with E-state index in [0.717, 1.165) is 6.54 Å². The Balaban J connectivity index is 2.06. The summed E-state index contributed by atoms with van der Waals surface area (Å²) < 4.78 is 0.